The lowest BCUT2D eigenvalue weighted by atomic mass is 9.67. The van der Waals surface area contributed by atoms with Gasteiger partial charge in [-0.05, 0) is 19.3 Å². The van der Waals surface area contributed by atoms with Crippen LogP contribution in [0.4, 0.5) is 0 Å². The van der Waals surface area contributed by atoms with Crippen LogP contribution >= 0.6 is 0 Å². The predicted octanol–water partition coefficient (Wildman–Crippen LogP) is 1.65. The zero-order valence-electron chi connectivity index (χ0n) is 15.2. The van der Waals surface area contributed by atoms with Crippen molar-refractivity contribution in [2.45, 2.75) is 58.8 Å². The summed E-state index contributed by atoms with van der Waals surface area (Å²) in [4.78, 5) is 37.3. The number of rotatable bonds is 2. The molecule has 0 spiro atoms. The predicted molar refractivity (Wildman–Crippen MR) is 88.2 cm³/mol. The van der Waals surface area contributed by atoms with Crippen molar-refractivity contribution in [2.75, 3.05) is 0 Å². The highest BCUT2D eigenvalue weighted by Crippen LogP contribution is 2.56. The minimum Gasteiger partial charge on any atom is -0.460 e. The van der Waals surface area contributed by atoms with Gasteiger partial charge >= 0.3 is 11.9 Å². The molecule has 6 nitrogen and oxygen atoms in total. The van der Waals surface area contributed by atoms with Crippen LogP contribution in [0.15, 0.2) is 12.2 Å². The van der Waals surface area contributed by atoms with Crippen molar-refractivity contribution in [3.63, 3.8) is 0 Å². The summed E-state index contributed by atoms with van der Waals surface area (Å²) in [6.45, 7) is 11.0. The Hall–Kier alpha value is -1.69. The number of hydrogen-bond donors (Lipinski definition) is 1. The lowest BCUT2D eigenvalue weighted by Crippen LogP contribution is -2.50. The molecule has 2 aliphatic carbocycles. The van der Waals surface area contributed by atoms with Gasteiger partial charge in [-0.1, -0.05) is 27.4 Å². The fraction of sp³-hybridized carbons (Fsp3) is 0.737. The van der Waals surface area contributed by atoms with Gasteiger partial charge in [0.2, 0.25) is 0 Å². The molecule has 1 aliphatic heterocycles. The third-order valence-corrected chi connectivity index (χ3v) is 6.27. The quantitative estimate of drug-likeness (QED) is 0.602. The van der Waals surface area contributed by atoms with Gasteiger partial charge in [0.1, 0.15) is 18.0 Å². The zero-order valence-corrected chi connectivity index (χ0v) is 15.2. The van der Waals surface area contributed by atoms with Gasteiger partial charge in [-0.25, -0.2) is 4.79 Å². The average Bonchev–Trinajstić information content (AvgIpc) is 2.87. The molecule has 25 heavy (non-hydrogen) atoms. The molecule has 0 amide bonds. The summed E-state index contributed by atoms with van der Waals surface area (Å²) in [5.74, 6) is -2.38. The van der Waals surface area contributed by atoms with Gasteiger partial charge in [0.25, 0.3) is 0 Å². The molecule has 0 aromatic rings. The molecule has 1 N–H and O–H groups in total. The van der Waals surface area contributed by atoms with Gasteiger partial charge in [-0.3, -0.25) is 9.59 Å². The first-order chi connectivity index (χ1) is 11.6. The fourth-order valence-corrected chi connectivity index (χ4v) is 5.00. The summed E-state index contributed by atoms with van der Waals surface area (Å²) in [6.07, 6.45) is -1.57. The van der Waals surface area contributed by atoms with Crippen LogP contribution in [0.1, 0.15) is 40.5 Å². The molecule has 1 saturated heterocycles. The largest absolute Gasteiger partial charge is 0.460 e. The van der Waals surface area contributed by atoms with Gasteiger partial charge in [0, 0.05) is 17.9 Å². The Morgan fingerprint density at radius 1 is 1.40 bits per heavy atom. The van der Waals surface area contributed by atoms with Crippen LogP contribution in [-0.2, 0) is 23.9 Å². The maximum Gasteiger partial charge on any atom is 0.334 e. The Bertz CT molecular complexity index is 638. The van der Waals surface area contributed by atoms with Gasteiger partial charge < -0.3 is 14.6 Å². The van der Waals surface area contributed by atoms with Gasteiger partial charge in [-0.15, -0.1) is 0 Å². The van der Waals surface area contributed by atoms with Crippen molar-refractivity contribution in [3.05, 3.63) is 12.2 Å². The van der Waals surface area contributed by atoms with Gasteiger partial charge in [0.05, 0.1) is 23.4 Å². The monoisotopic (exact) mass is 350 g/mol. The van der Waals surface area contributed by atoms with Crippen LogP contribution in [0.2, 0.25) is 0 Å². The summed E-state index contributed by atoms with van der Waals surface area (Å²) in [7, 11) is 0. The summed E-state index contributed by atoms with van der Waals surface area (Å²) < 4.78 is 11.2. The van der Waals surface area contributed by atoms with Gasteiger partial charge in [0.15, 0.2) is 0 Å². The minimum absolute atomic E-state index is 0.0416. The highest BCUT2D eigenvalue weighted by Gasteiger charge is 2.65. The molecule has 6 heteroatoms. The van der Waals surface area contributed by atoms with Crippen molar-refractivity contribution in [3.8, 4) is 0 Å². The normalized spacial score (nSPS) is 43.5. The Labute approximate surface area is 147 Å². The number of Topliss-reactive ketones (excluding diaryl/α,β-unsaturated/α-hetero) is 1. The van der Waals surface area contributed by atoms with Crippen molar-refractivity contribution in [1.29, 1.82) is 0 Å². The van der Waals surface area contributed by atoms with Crippen LogP contribution in [0.25, 0.3) is 0 Å². The number of aliphatic hydroxyl groups is 1. The average molecular weight is 350 g/mol. The Balaban J connectivity index is 2.11. The SMILES string of the molecule is C=C1C(=O)O[C@@H]2C[C@@H](C)C3C(O)CC(=O)[C@@]3(C)[C@@H](OC(=O)C(C)C)[C@H]12. The summed E-state index contributed by atoms with van der Waals surface area (Å²) in [5.41, 5.74) is -0.811. The van der Waals surface area contributed by atoms with E-state index in [0.29, 0.717) is 6.42 Å². The van der Waals surface area contributed by atoms with E-state index in [-0.39, 0.29) is 35.5 Å². The molecular formula is C19H26O6. The number of hydrogen-bond acceptors (Lipinski definition) is 6. The number of esters is 2. The second-order valence-electron chi connectivity index (χ2n) is 8.22. The highest BCUT2D eigenvalue weighted by molar-refractivity contribution is 5.93. The summed E-state index contributed by atoms with van der Waals surface area (Å²) in [5, 5.41) is 10.5. The number of carbonyl (C=O) groups is 3. The Morgan fingerprint density at radius 2 is 2.04 bits per heavy atom. The third-order valence-electron chi connectivity index (χ3n) is 6.27. The van der Waals surface area contributed by atoms with Crippen LogP contribution in [-0.4, -0.2) is 41.1 Å². The maximum absolute atomic E-state index is 12.9. The minimum atomic E-state index is -1.06. The second kappa shape index (κ2) is 5.94. The summed E-state index contributed by atoms with van der Waals surface area (Å²) in [6, 6.07) is 0. The second-order valence-corrected chi connectivity index (χ2v) is 8.22. The van der Waals surface area contributed by atoms with Crippen molar-refractivity contribution >= 4 is 17.7 Å². The van der Waals surface area contributed by atoms with Crippen LogP contribution in [0.3, 0.4) is 0 Å². The number of carbonyl (C=O) groups excluding carboxylic acids is 3. The number of aliphatic hydroxyl groups excluding tert-OH is 1. The van der Waals surface area contributed by atoms with Crippen molar-refractivity contribution in [1.82, 2.24) is 0 Å². The fourth-order valence-electron chi connectivity index (χ4n) is 5.00. The van der Waals surface area contributed by atoms with E-state index >= 15 is 0 Å². The first-order valence-electron chi connectivity index (χ1n) is 8.90. The molecule has 2 unspecified atom stereocenters. The van der Waals surface area contributed by atoms with E-state index in [4.69, 9.17) is 9.47 Å². The molecule has 7 atom stereocenters. The molecule has 1 heterocycles. The maximum atomic E-state index is 12.9. The van der Waals surface area contributed by atoms with Crippen molar-refractivity contribution < 1.29 is 29.0 Å². The van der Waals surface area contributed by atoms with E-state index in [9.17, 15) is 19.5 Å². The number of ether oxygens (including phenoxy) is 2. The van der Waals surface area contributed by atoms with Crippen LogP contribution < -0.4 is 0 Å². The number of ketones is 1. The van der Waals surface area contributed by atoms with E-state index in [1.54, 1.807) is 20.8 Å². The number of fused-ring (bicyclic) bond motifs is 2. The van der Waals surface area contributed by atoms with Crippen LogP contribution in [0, 0.1) is 29.1 Å². The van der Waals surface area contributed by atoms with Crippen LogP contribution in [0.5, 0.6) is 0 Å². The molecule has 0 bridgehead atoms. The van der Waals surface area contributed by atoms with E-state index in [1.165, 1.54) is 0 Å². The van der Waals surface area contributed by atoms with E-state index in [2.05, 4.69) is 6.58 Å². The molecule has 3 fully saturated rings. The molecule has 0 radical (unpaired) electrons. The molecule has 138 valence electrons. The van der Waals surface area contributed by atoms with E-state index in [0.717, 1.165) is 0 Å². The summed E-state index contributed by atoms with van der Waals surface area (Å²) >= 11 is 0. The first kappa shape index (κ1) is 18.1. The van der Waals surface area contributed by atoms with Crippen molar-refractivity contribution in [2.24, 2.45) is 29.1 Å². The first-order valence-corrected chi connectivity index (χ1v) is 8.90. The van der Waals surface area contributed by atoms with E-state index in [1.807, 2.05) is 6.92 Å². The molecule has 2 saturated carbocycles. The topological polar surface area (TPSA) is 89.9 Å². The molecule has 3 aliphatic rings. The smallest absolute Gasteiger partial charge is 0.334 e. The van der Waals surface area contributed by atoms with E-state index < -0.39 is 41.6 Å². The molecular weight excluding hydrogens is 324 g/mol. The standard InChI is InChI=1S/C19H26O6/c1-8(2)17(22)25-16-14-10(4)18(23)24-12(14)6-9(3)15-11(20)7-13(21)19(15,16)5/h8-9,11-12,14-16,20H,4,6-7H2,1-3,5H3/t9-,11?,12-,14-,15?,16+,19-/m1/s1. The molecule has 0 aromatic heterocycles. The Morgan fingerprint density at radius 3 is 2.64 bits per heavy atom. The highest BCUT2D eigenvalue weighted by atomic mass is 16.6. The van der Waals surface area contributed by atoms with Gasteiger partial charge in [-0.2, -0.15) is 0 Å². The third kappa shape index (κ3) is 2.53. The lowest BCUT2D eigenvalue weighted by molar-refractivity contribution is -0.169. The Kier molecular flexibility index (Phi) is 4.30. The molecule has 0 aromatic carbocycles. The molecule has 3 rings (SSSR count). The zero-order chi connectivity index (χ0) is 18.7. The lowest BCUT2D eigenvalue weighted by Gasteiger charge is -2.40.